The molecule has 0 N–H and O–H groups in total. The van der Waals surface area contributed by atoms with Crippen molar-refractivity contribution in [3.8, 4) is 6.07 Å². The molecule has 0 atom stereocenters. The van der Waals surface area contributed by atoms with Crippen molar-refractivity contribution in [1.29, 1.82) is 5.26 Å². The zero-order valence-electron chi connectivity index (χ0n) is 15.9. The first kappa shape index (κ1) is 23.5. The second-order valence-corrected chi connectivity index (χ2v) is 10.2. The molecule has 0 saturated carbocycles. The first-order chi connectivity index (χ1) is 13.0. The maximum atomic E-state index is 11.6. The summed E-state index contributed by atoms with van der Waals surface area (Å²) in [7, 11) is -1.06. The molecule has 2 aromatic rings. The minimum atomic E-state index is -3.44. The fourth-order valence-electron chi connectivity index (χ4n) is 1.90. The molecular formula is C18H21N3O5S2. The number of hydrogen-bond donors (Lipinski definition) is 0. The summed E-state index contributed by atoms with van der Waals surface area (Å²) in [5.41, 5.74) is 0.695. The summed E-state index contributed by atoms with van der Waals surface area (Å²) in [5.74, 6) is 0. The normalized spacial score (nSPS) is 11.5. The molecule has 0 aliphatic carbocycles. The lowest BCUT2D eigenvalue weighted by Crippen LogP contribution is -2.22. The van der Waals surface area contributed by atoms with Gasteiger partial charge in [0.2, 0.25) is 20.0 Å². The molecule has 0 unspecified atom stereocenters. The first-order valence-corrected chi connectivity index (χ1v) is 10.7. The fourth-order valence-corrected chi connectivity index (χ4v) is 3.80. The zero-order valence-corrected chi connectivity index (χ0v) is 17.5. The molecule has 0 aromatic heterocycles. The van der Waals surface area contributed by atoms with Gasteiger partial charge in [-0.15, -0.1) is 0 Å². The van der Waals surface area contributed by atoms with Gasteiger partial charge in [0.15, 0.2) is 0 Å². The van der Waals surface area contributed by atoms with Gasteiger partial charge in [-0.2, -0.15) is 5.26 Å². The van der Waals surface area contributed by atoms with Gasteiger partial charge in [0.25, 0.3) is 0 Å². The van der Waals surface area contributed by atoms with E-state index in [1.54, 1.807) is 24.3 Å². The molecule has 28 heavy (non-hydrogen) atoms. The number of aldehydes is 1. The number of nitriles is 1. The van der Waals surface area contributed by atoms with Gasteiger partial charge in [-0.05, 0) is 30.3 Å². The van der Waals surface area contributed by atoms with E-state index in [-0.39, 0.29) is 9.79 Å². The third kappa shape index (κ3) is 5.71. The Morgan fingerprint density at radius 2 is 1.29 bits per heavy atom. The van der Waals surface area contributed by atoms with Crippen LogP contribution in [0, 0.1) is 11.3 Å². The second kappa shape index (κ2) is 9.57. The number of hydrogen-bond acceptors (Lipinski definition) is 6. The largest absolute Gasteiger partial charge is 0.298 e. The average molecular weight is 424 g/mol. The summed E-state index contributed by atoms with van der Waals surface area (Å²) in [6.07, 6.45) is 0.620. The van der Waals surface area contributed by atoms with Gasteiger partial charge in [-0.1, -0.05) is 18.2 Å². The van der Waals surface area contributed by atoms with E-state index in [2.05, 4.69) is 0 Å². The third-order valence-electron chi connectivity index (χ3n) is 3.51. The lowest BCUT2D eigenvalue weighted by molar-refractivity contribution is 0.112. The van der Waals surface area contributed by atoms with Crippen LogP contribution in [0.2, 0.25) is 0 Å². The van der Waals surface area contributed by atoms with Crippen LogP contribution in [0.4, 0.5) is 0 Å². The number of nitrogens with zero attached hydrogens (tertiary/aromatic N) is 3. The standard InChI is InChI=1S/C9H10N2O2S.C9H11NO3S/c1-11(2)14(12,13)9-5-3-4-8(6-9)7-10;1-10(2)14(12,13)9-5-3-4-8(6-9)7-11/h3-6H,1-2H3;3-7H,1-2H3. The average Bonchev–Trinajstić information content (AvgIpc) is 2.68. The minimum absolute atomic E-state index is 0.132. The van der Waals surface area contributed by atoms with Crippen molar-refractivity contribution in [3.63, 3.8) is 0 Å². The van der Waals surface area contributed by atoms with Crippen LogP contribution in [0.15, 0.2) is 58.3 Å². The van der Waals surface area contributed by atoms with E-state index in [9.17, 15) is 21.6 Å². The monoisotopic (exact) mass is 423 g/mol. The van der Waals surface area contributed by atoms with Crippen LogP contribution >= 0.6 is 0 Å². The molecule has 0 radical (unpaired) electrons. The van der Waals surface area contributed by atoms with E-state index in [0.717, 1.165) is 8.61 Å². The molecule has 150 valence electrons. The Balaban J connectivity index is 0.000000280. The smallest absolute Gasteiger partial charge is 0.242 e. The van der Waals surface area contributed by atoms with Gasteiger partial charge in [-0.3, -0.25) is 4.79 Å². The minimum Gasteiger partial charge on any atom is -0.298 e. The van der Waals surface area contributed by atoms with E-state index in [1.165, 1.54) is 52.5 Å². The Morgan fingerprint density at radius 1 is 0.821 bits per heavy atom. The van der Waals surface area contributed by atoms with Crippen molar-refractivity contribution < 1.29 is 21.6 Å². The molecule has 8 nitrogen and oxygen atoms in total. The topological polar surface area (TPSA) is 116 Å². The Labute approximate surface area is 165 Å². The fraction of sp³-hybridized carbons (Fsp3) is 0.222. The molecule has 0 bridgehead atoms. The van der Waals surface area contributed by atoms with Crippen LogP contribution in [0.25, 0.3) is 0 Å². The summed E-state index contributed by atoms with van der Waals surface area (Å²) < 4.78 is 48.7. The molecule has 0 aliphatic heterocycles. The summed E-state index contributed by atoms with van der Waals surface area (Å²) >= 11 is 0. The quantitative estimate of drug-likeness (QED) is 0.674. The Bertz CT molecular complexity index is 1090. The highest BCUT2D eigenvalue weighted by atomic mass is 32.2. The Kier molecular flexibility index (Phi) is 8.01. The van der Waals surface area contributed by atoms with Crippen molar-refractivity contribution in [2.24, 2.45) is 0 Å². The molecular weight excluding hydrogens is 402 g/mol. The predicted molar refractivity (Wildman–Crippen MR) is 105 cm³/mol. The maximum absolute atomic E-state index is 11.6. The molecule has 2 rings (SSSR count). The van der Waals surface area contributed by atoms with Crippen LogP contribution in [0.1, 0.15) is 15.9 Å². The highest BCUT2D eigenvalue weighted by molar-refractivity contribution is 7.89. The van der Waals surface area contributed by atoms with E-state index in [0.29, 0.717) is 17.4 Å². The van der Waals surface area contributed by atoms with Gasteiger partial charge in [0.1, 0.15) is 6.29 Å². The van der Waals surface area contributed by atoms with Crippen LogP contribution in [-0.4, -0.2) is 59.9 Å². The van der Waals surface area contributed by atoms with Crippen molar-refractivity contribution in [3.05, 3.63) is 59.7 Å². The Morgan fingerprint density at radius 3 is 1.71 bits per heavy atom. The van der Waals surface area contributed by atoms with Crippen LogP contribution in [0.5, 0.6) is 0 Å². The van der Waals surface area contributed by atoms with Gasteiger partial charge in [0.05, 0.1) is 21.4 Å². The lowest BCUT2D eigenvalue weighted by Gasteiger charge is -2.10. The van der Waals surface area contributed by atoms with Crippen LogP contribution < -0.4 is 0 Å². The van der Waals surface area contributed by atoms with Crippen molar-refractivity contribution in [2.75, 3.05) is 28.2 Å². The lowest BCUT2D eigenvalue weighted by atomic mass is 10.2. The number of sulfonamides is 2. The summed E-state index contributed by atoms with van der Waals surface area (Å²) in [5, 5.41) is 8.61. The number of benzene rings is 2. The molecule has 10 heteroatoms. The summed E-state index contributed by atoms with van der Waals surface area (Å²) in [6.45, 7) is 0. The first-order valence-electron chi connectivity index (χ1n) is 7.87. The van der Waals surface area contributed by atoms with Crippen LogP contribution in [-0.2, 0) is 20.0 Å². The van der Waals surface area contributed by atoms with Gasteiger partial charge >= 0.3 is 0 Å². The molecule has 2 aromatic carbocycles. The van der Waals surface area contributed by atoms with Crippen molar-refractivity contribution in [1.82, 2.24) is 8.61 Å². The molecule has 0 heterocycles. The molecule has 0 saturated heterocycles. The highest BCUT2D eigenvalue weighted by Gasteiger charge is 2.17. The van der Waals surface area contributed by atoms with E-state index in [1.807, 2.05) is 6.07 Å². The SMILES string of the molecule is CN(C)S(=O)(=O)c1cccc(C#N)c1.CN(C)S(=O)(=O)c1cccc(C=O)c1. The van der Waals surface area contributed by atoms with Crippen molar-refractivity contribution in [2.45, 2.75) is 9.79 Å². The molecule has 0 spiro atoms. The van der Waals surface area contributed by atoms with Gasteiger partial charge in [0, 0.05) is 33.8 Å². The maximum Gasteiger partial charge on any atom is 0.242 e. The van der Waals surface area contributed by atoms with E-state index < -0.39 is 20.0 Å². The molecule has 0 aliphatic rings. The van der Waals surface area contributed by atoms with Gasteiger partial charge in [-0.25, -0.2) is 25.4 Å². The number of carbonyl (C=O) groups is 1. The number of carbonyl (C=O) groups excluding carboxylic acids is 1. The summed E-state index contributed by atoms with van der Waals surface area (Å²) in [4.78, 5) is 10.7. The second-order valence-electron chi connectivity index (χ2n) is 5.90. The highest BCUT2D eigenvalue weighted by Crippen LogP contribution is 2.14. The summed E-state index contributed by atoms with van der Waals surface area (Å²) in [6, 6.07) is 13.7. The molecule has 0 fully saturated rings. The predicted octanol–water partition coefficient (Wildman–Crippen LogP) is 1.56. The Hall–Kier alpha value is -2.58. The van der Waals surface area contributed by atoms with Crippen molar-refractivity contribution >= 4 is 26.3 Å². The number of rotatable bonds is 5. The molecule has 0 amide bonds. The van der Waals surface area contributed by atoms with Gasteiger partial charge < -0.3 is 0 Å². The van der Waals surface area contributed by atoms with E-state index in [4.69, 9.17) is 5.26 Å². The zero-order chi connectivity index (χ0) is 21.5. The van der Waals surface area contributed by atoms with Crippen LogP contribution in [0.3, 0.4) is 0 Å². The third-order valence-corrected chi connectivity index (χ3v) is 7.14. The van der Waals surface area contributed by atoms with E-state index >= 15 is 0 Å².